The van der Waals surface area contributed by atoms with E-state index in [0.29, 0.717) is 12.8 Å². The molecule has 0 bridgehead atoms. The Hall–Kier alpha value is -4.01. The molecule has 0 aliphatic rings. The van der Waals surface area contributed by atoms with Crippen molar-refractivity contribution in [3.05, 3.63) is 109 Å². The van der Waals surface area contributed by atoms with Crippen molar-refractivity contribution in [2.45, 2.75) is 193 Å². The molecule has 0 aromatic rings. The molecule has 0 aliphatic carbocycles. The Morgan fingerprint density at radius 1 is 0.462 bits per heavy atom. The molecular formula is C57H93NO7. The molecule has 2 atom stereocenters. The summed E-state index contributed by atoms with van der Waals surface area (Å²) in [7, 11) is 5.39. The lowest BCUT2D eigenvalue weighted by Gasteiger charge is -2.34. The van der Waals surface area contributed by atoms with Gasteiger partial charge in [0, 0.05) is 19.3 Å². The highest BCUT2D eigenvalue weighted by molar-refractivity contribution is 5.70. The quantitative estimate of drug-likeness (QED) is 0.0260. The number of allylic oxidation sites excluding steroid dienone is 18. The van der Waals surface area contributed by atoms with Gasteiger partial charge in [0.25, 0.3) is 0 Å². The number of quaternary nitrogens is 1. The van der Waals surface area contributed by atoms with E-state index in [9.17, 15) is 19.5 Å². The maximum absolute atomic E-state index is 12.8. The molecule has 0 aromatic heterocycles. The summed E-state index contributed by atoms with van der Waals surface area (Å²) in [6, 6.07) is -0.740. The fraction of sp³-hybridized carbons (Fsp3) is 0.632. The number of carboxylic acids is 1. The van der Waals surface area contributed by atoms with Gasteiger partial charge in [-0.15, -0.1) is 0 Å². The normalized spacial score (nSPS) is 13.8. The van der Waals surface area contributed by atoms with Crippen LogP contribution in [0, 0.1) is 0 Å². The van der Waals surface area contributed by atoms with E-state index in [1.165, 1.54) is 51.4 Å². The monoisotopic (exact) mass is 904 g/mol. The predicted molar refractivity (Wildman–Crippen MR) is 272 cm³/mol. The van der Waals surface area contributed by atoms with Gasteiger partial charge in [-0.25, -0.2) is 0 Å². The van der Waals surface area contributed by atoms with Crippen molar-refractivity contribution in [1.82, 2.24) is 0 Å². The van der Waals surface area contributed by atoms with Crippen molar-refractivity contribution in [3.63, 3.8) is 0 Å². The van der Waals surface area contributed by atoms with E-state index in [1.807, 2.05) is 0 Å². The van der Waals surface area contributed by atoms with Gasteiger partial charge in [0.05, 0.1) is 40.3 Å². The standard InChI is InChI=1S/C57H93NO7/c1-6-8-10-12-14-16-18-20-22-24-26-28-30-31-33-35-37-39-41-43-45-47-55(59)64-52-53(51-63-50-49-54(57(61)62)58(3,4)5)65-56(60)48-46-44-42-40-38-36-34-32-29-27-25-23-21-19-17-15-13-11-9-7-2/h8-11,14-17,20-23,26,28,31,33,37,39,53-54H,6-7,12-13,18-19,24-25,27,29-30,32,34-36,38,40-52H2,1-5H3/b10-8+,11-9+,16-14+,17-15+,22-20+,23-21+,28-26+,33-31+,39-37+. The molecule has 0 amide bonds. The number of likely N-dealkylation sites (N-methyl/N-ethyl adjacent to an activating group) is 1. The average molecular weight is 904 g/mol. The zero-order chi connectivity index (χ0) is 47.7. The van der Waals surface area contributed by atoms with Crippen molar-refractivity contribution >= 4 is 17.9 Å². The van der Waals surface area contributed by atoms with Gasteiger partial charge in [0.15, 0.2) is 6.10 Å². The Morgan fingerprint density at radius 2 is 0.815 bits per heavy atom. The van der Waals surface area contributed by atoms with Crippen LogP contribution in [0.2, 0.25) is 0 Å². The fourth-order valence-corrected chi connectivity index (χ4v) is 6.79. The molecule has 0 spiro atoms. The lowest BCUT2D eigenvalue weighted by atomic mass is 10.0. The number of carboxylic acid groups (broad SMARTS) is 1. The summed E-state index contributed by atoms with van der Waals surface area (Å²) in [6.45, 7) is 4.38. The minimum Gasteiger partial charge on any atom is -0.544 e. The summed E-state index contributed by atoms with van der Waals surface area (Å²) in [6.07, 6.45) is 64.0. The van der Waals surface area contributed by atoms with Gasteiger partial charge in [-0.2, -0.15) is 0 Å². The zero-order valence-corrected chi connectivity index (χ0v) is 41.9. The van der Waals surface area contributed by atoms with Crippen LogP contribution in [0.1, 0.15) is 181 Å². The third kappa shape index (κ3) is 45.0. The highest BCUT2D eigenvalue weighted by Crippen LogP contribution is 2.14. The molecule has 0 heterocycles. The molecule has 0 N–H and O–H groups in total. The van der Waals surface area contributed by atoms with E-state index in [2.05, 4.69) is 123 Å². The van der Waals surface area contributed by atoms with Crippen molar-refractivity contribution in [2.24, 2.45) is 0 Å². The van der Waals surface area contributed by atoms with Gasteiger partial charge in [-0.05, 0) is 96.3 Å². The van der Waals surface area contributed by atoms with E-state index >= 15 is 0 Å². The number of hydrogen-bond donors (Lipinski definition) is 0. The van der Waals surface area contributed by atoms with Crippen LogP contribution < -0.4 is 5.11 Å². The van der Waals surface area contributed by atoms with Crippen molar-refractivity contribution in [1.29, 1.82) is 0 Å². The molecule has 8 nitrogen and oxygen atoms in total. The van der Waals surface area contributed by atoms with Gasteiger partial charge in [0.2, 0.25) is 0 Å². The van der Waals surface area contributed by atoms with Crippen LogP contribution in [0.25, 0.3) is 0 Å². The summed E-state index contributed by atoms with van der Waals surface area (Å²) < 4.78 is 17.2. The molecule has 0 aliphatic heterocycles. The Morgan fingerprint density at radius 3 is 1.23 bits per heavy atom. The second kappa shape index (κ2) is 46.5. The van der Waals surface area contributed by atoms with E-state index in [4.69, 9.17) is 14.2 Å². The maximum Gasteiger partial charge on any atom is 0.306 e. The van der Waals surface area contributed by atoms with E-state index < -0.39 is 18.1 Å². The summed E-state index contributed by atoms with van der Waals surface area (Å²) >= 11 is 0. The van der Waals surface area contributed by atoms with Crippen LogP contribution in [0.15, 0.2) is 109 Å². The Kier molecular flexibility index (Phi) is 43.6. The van der Waals surface area contributed by atoms with Gasteiger partial charge < -0.3 is 28.6 Å². The van der Waals surface area contributed by atoms with Crippen LogP contribution in [-0.4, -0.2) is 75.5 Å². The molecular weight excluding hydrogens is 811 g/mol. The minimum atomic E-state index is -1.14. The Bertz CT molecular complexity index is 1420. The molecule has 0 aromatic carbocycles. The fourth-order valence-electron chi connectivity index (χ4n) is 6.79. The third-order valence-electron chi connectivity index (χ3n) is 10.7. The van der Waals surface area contributed by atoms with Crippen LogP contribution in [-0.2, 0) is 28.6 Å². The van der Waals surface area contributed by atoms with Gasteiger partial charge in [-0.3, -0.25) is 9.59 Å². The first kappa shape index (κ1) is 61.0. The number of unbranched alkanes of at least 4 members (excludes halogenated alkanes) is 12. The van der Waals surface area contributed by atoms with Gasteiger partial charge >= 0.3 is 11.9 Å². The van der Waals surface area contributed by atoms with Gasteiger partial charge in [-0.1, -0.05) is 175 Å². The highest BCUT2D eigenvalue weighted by atomic mass is 16.6. The first-order valence-corrected chi connectivity index (χ1v) is 25.4. The lowest BCUT2D eigenvalue weighted by molar-refractivity contribution is -0.889. The molecule has 8 heteroatoms. The van der Waals surface area contributed by atoms with Crippen molar-refractivity contribution in [2.75, 3.05) is 41.0 Å². The van der Waals surface area contributed by atoms with Crippen LogP contribution in [0.3, 0.4) is 0 Å². The van der Waals surface area contributed by atoms with Crippen LogP contribution in [0.5, 0.6) is 0 Å². The van der Waals surface area contributed by atoms with E-state index in [-0.39, 0.29) is 49.1 Å². The number of carbonyl (C=O) groups excluding carboxylic acids is 3. The SMILES string of the molecule is CC/C=C/C/C=C/C/C=C/C/C=C/C/C=C/C/C=C/CCCCC(=O)OCC(COCCC(C(=O)[O-])[N+](C)(C)C)OC(=O)CCCCCCCCCCCC/C=C/C/C=C/C/C=C/CC. The molecule has 0 fully saturated rings. The Labute approximate surface area is 398 Å². The predicted octanol–water partition coefficient (Wildman–Crippen LogP) is 13.5. The summed E-state index contributed by atoms with van der Waals surface area (Å²) in [5.41, 5.74) is 0. The number of rotatable bonds is 44. The number of ether oxygens (including phenoxy) is 3. The third-order valence-corrected chi connectivity index (χ3v) is 10.7. The minimum absolute atomic E-state index is 0.0182. The van der Waals surface area contributed by atoms with E-state index in [0.717, 1.165) is 89.9 Å². The molecule has 368 valence electrons. The summed E-state index contributed by atoms with van der Waals surface area (Å²) in [4.78, 5) is 37.0. The number of esters is 2. The van der Waals surface area contributed by atoms with Crippen LogP contribution >= 0.6 is 0 Å². The number of nitrogens with zero attached hydrogens (tertiary/aromatic N) is 1. The highest BCUT2D eigenvalue weighted by Gasteiger charge is 2.25. The van der Waals surface area contributed by atoms with Crippen molar-refractivity contribution < 1.29 is 38.2 Å². The zero-order valence-electron chi connectivity index (χ0n) is 41.9. The second-order valence-electron chi connectivity index (χ2n) is 17.6. The lowest BCUT2D eigenvalue weighted by Crippen LogP contribution is -2.55. The molecule has 0 rings (SSSR count). The number of aliphatic carboxylic acids is 1. The average Bonchev–Trinajstić information content (AvgIpc) is 3.27. The van der Waals surface area contributed by atoms with Crippen LogP contribution in [0.4, 0.5) is 0 Å². The second-order valence-corrected chi connectivity index (χ2v) is 17.6. The summed E-state index contributed by atoms with van der Waals surface area (Å²) in [5.74, 6) is -1.81. The first-order chi connectivity index (χ1) is 31.6. The maximum atomic E-state index is 12.8. The molecule has 0 saturated carbocycles. The number of hydrogen-bond acceptors (Lipinski definition) is 7. The molecule has 65 heavy (non-hydrogen) atoms. The first-order valence-electron chi connectivity index (χ1n) is 25.4. The Balaban J connectivity index is 4.36. The molecule has 0 radical (unpaired) electrons. The molecule has 0 saturated heterocycles. The summed E-state index contributed by atoms with van der Waals surface area (Å²) in [5, 5.41) is 11.7. The largest absolute Gasteiger partial charge is 0.544 e. The molecule has 2 unspecified atom stereocenters. The van der Waals surface area contributed by atoms with E-state index in [1.54, 1.807) is 21.1 Å². The van der Waals surface area contributed by atoms with Gasteiger partial charge in [0.1, 0.15) is 12.6 Å². The number of carbonyl (C=O) groups is 3. The smallest absolute Gasteiger partial charge is 0.306 e. The topological polar surface area (TPSA) is 102 Å². The van der Waals surface area contributed by atoms with Crippen molar-refractivity contribution in [3.8, 4) is 0 Å².